The highest BCUT2D eigenvalue weighted by molar-refractivity contribution is 7.98. The van der Waals surface area contributed by atoms with Crippen LogP contribution in [0.5, 0.6) is 0 Å². The van der Waals surface area contributed by atoms with Gasteiger partial charge in [-0.1, -0.05) is 42.5 Å². The van der Waals surface area contributed by atoms with Gasteiger partial charge in [0, 0.05) is 17.5 Å². The molecule has 0 unspecified atom stereocenters. The van der Waals surface area contributed by atoms with Crippen LogP contribution in [-0.4, -0.2) is 16.1 Å². The molecule has 0 aliphatic rings. The number of carboxylic acids is 1. The first-order chi connectivity index (χ1) is 13.1. The molecule has 130 valence electrons. The normalized spacial score (nSPS) is 10.0. The molecule has 0 spiro atoms. The van der Waals surface area contributed by atoms with Gasteiger partial charge in [0.15, 0.2) is 0 Å². The molecule has 0 amide bonds. The zero-order chi connectivity index (χ0) is 19.2. The molecule has 0 radical (unpaired) electrons. The summed E-state index contributed by atoms with van der Waals surface area (Å²) in [7, 11) is 0. The smallest absolute Gasteiger partial charge is 0.335 e. The van der Waals surface area contributed by atoms with Crippen molar-refractivity contribution in [2.45, 2.75) is 10.8 Å². The van der Waals surface area contributed by atoms with Crippen molar-refractivity contribution < 1.29 is 9.90 Å². The van der Waals surface area contributed by atoms with Crippen LogP contribution in [0.15, 0.2) is 65.8 Å². The van der Waals surface area contributed by atoms with Crippen LogP contribution < -0.4 is 0 Å². The van der Waals surface area contributed by atoms with E-state index in [1.54, 1.807) is 12.1 Å². The lowest BCUT2D eigenvalue weighted by Crippen LogP contribution is -1.98. The van der Waals surface area contributed by atoms with Crippen molar-refractivity contribution in [1.82, 2.24) is 4.98 Å². The fourth-order valence-corrected chi connectivity index (χ4v) is 3.54. The summed E-state index contributed by atoms with van der Waals surface area (Å²) < 4.78 is 0. The topological polar surface area (TPSA) is 97.8 Å². The third-order valence-corrected chi connectivity index (χ3v) is 4.95. The number of nitrogens with zero attached hydrogens (tertiary/aromatic N) is 3. The summed E-state index contributed by atoms with van der Waals surface area (Å²) >= 11 is 1.34. The molecule has 3 rings (SSSR count). The number of carboxylic acid groups (broad SMARTS) is 1. The SMILES string of the molecule is N#Cc1cnc(SCc2cccc(C(=O)O)c2)c(C#N)c1-c1ccccc1. The lowest BCUT2D eigenvalue weighted by atomic mass is 9.98. The van der Waals surface area contributed by atoms with Crippen LogP contribution in [0, 0.1) is 22.7 Å². The first kappa shape index (κ1) is 18.2. The van der Waals surface area contributed by atoms with Crippen molar-refractivity contribution in [3.8, 4) is 23.3 Å². The van der Waals surface area contributed by atoms with Crippen LogP contribution in [0.4, 0.5) is 0 Å². The van der Waals surface area contributed by atoms with Gasteiger partial charge in [0.05, 0.1) is 16.7 Å². The Morgan fingerprint density at radius 3 is 2.52 bits per heavy atom. The zero-order valence-corrected chi connectivity index (χ0v) is 14.9. The Morgan fingerprint density at radius 1 is 1.07 bits per heavy atom. The van der Waals surface area contributed by atoms with E-state index in [-0.39, 0.29) is 5.56 Å². The summed E-state index contributed by atoms with van der Waals surface area (Å²) in [5, 5.41) is 28.7. The second-order valence-electron chi connectivity index (χ2n) is 5.61. The van der Waals surface area contributed by atoms with E-state index in [4.69, 9.17) is 5.11 Å². The van der Waals surface area contributed by atoms with Gasteiger partial charge in [-0.2, -0.15) is 10.5 Å². The summed E-state index contributed by atoms with van der Waals surface area (Å²) in [6.45, 7) is 0. The molecule has 0 aliphatic heterocycles. The molecule has 0 bridgehead atoms. The quantitative estimate of drug-likeness (QED) is 0.664. The maximum atomic E-state index is 11.1. The Morgan fingerprint density at radius 2 is 1.85 bits per heavy atom. The number of hydrogen-bond donors (Lipinski definition) is 1. The van der Waals surface area contributed by atoms with Gasteiger partial charge >= 0.3 is 5.97 Å². The lowest BCUT2D eigenvalue weighted by Gasteiger charge is -2.11. The molecule has 1 aromatic heterocycles. The van der Waals surface area contributed by atoms with Gasteiger partial charge in [0.2, 0.25) is 0 Å². The molecule has 3 aromatic rings. The molecule has 2 aromatic carbocycles. The van der Waals surface area contributed by atoms with E-state index >= 15 is 0 Å². The molecular weight excluding hydrogens is 358 g/mol. The number of carbonyl (C=O) groups is 1. The van der Waals surface area contributed by atoms with Crippen molar-refractivity contribution in [1.29, 1.82) is 10.5 Å². The minimum absolute atomic E-state index is 0.214. The van der Waals surface area contributed by atoms with E-state index in [9.17, 15) is 15.3 Å². The zero-order valence-electron chi connectivity index (χ0n) is 14.1. The number of thioether (sulfide) groups is 1. The number of nitriles is 2. The molecule has 0 fully saturated rings. The molecule has 0 saturated carbocycles. The van der Waals surface area contributed by atoms with E-state index in [0.29, 0.717) is 27.5 Å². The molecule has 0 aliphatic carbocycles. The summed E-state index contributed by atoms with van der Waals surface area (Å²) in [4.78, 5) is 15.4. The second kappa shape index (κ2) is 8.18. The molecule has 27 heavy (non-hydrogen) atoms. The van der Waals surface area contributed by atoms with Gasteiger partial charge in [-0.3, -0.25) is 0 Å². The van der Waals surface area contributed by atoms with E-state index < -0.39 is 5.97 Å². The maximum Gasteiger partial charge on any atom is 0.335 e. The third kappa shape index (κ3) is 3.98. The Kier molecular flexibility index (Phi) is 5.51. The van der Waals surface area contributed by atoms with Crippen LogP contribution in [0.25, 0.3) is 11.1 Å². The largest absolute Gasteiger partial charge is 0.478 e. The number of benzene rings is 2. The average Bonchev–Trinajstić information content (AvgIpc) is 2.72. The number of hydrogen-bond acceptors (Lipinski definition) is 5. The molecule has 1 N–H and O–H groups in total. The fourth-order valence-electron chi connectivity index (χ4n) is 2.64. The van der Waals surface area contributed by atoms with Crippen LogP contribution in [-0.2, 0) is 5.75 Å². The van der Waals surface area contributed by atoms with Crippen LogP contribution in [0.1, 0.15) is 27.0 Å². The van der Waals surface area contributed by atoms with Gasteiger partial charge in [-0.25, -0.2) is 9.78 Å². The van der Waals surface area contributed by atoms with Crippen molar-refractivity contribution in [2.75, 3.05) is 0 Å². The van der Waals surface area contributed by atoms with Gasteiger partial charge < -0.3 is 5.11 Å². The highest BCUT2D eigenvalue weighted by atomic mass is 32.2. The maximum absolute atomic E-state index is 11.1. The Bertz CT molecular complexity index is 1080. The predicted octanol–water partition coefficient (Wildman–Crippen LogP) is 4.48. The highest BCUT2D eigenvalue weighted by Crippen LogP contribution is 2.33. The van der Waals surface area contributed by atoms with Crippen molar-refractivity contribution >= 4 is 17.7 Å². The number of aromatic nitrogens is 1. The average molecular weight is 371 g/mol. The third-order valence-electron chi connectivity index (χ3n) is 3.89. The second-order valence-corrected chi connectivity index (χ2v) is 6.57. The molecule has 0 atom stereocenters. The highest BCUT2D eigenvalue weighted by Gasteiger charge is 2.17. The van der Waals surface area contributed by atoms with E-state index in [2.05, 4.69) is 17.1 Å². The van der Waals surface area contributed by atoms with E-state index in [0.717, 1.165) is 11.1 Å². The van der Waals surface area contributed by atoms with E-state index in [1.165, 1.54) is 24.0 Å². The molecule has 6 heteroatoms. The minimum atomic E-state index is -0.984. The molecule has 0 saturated heterocycles. The number of aromatic carboxylic acids is 1. The van der Waals surface area contributed by atoms with Crippen LogP contribution >= 0.6 is 11.8 Å². The standard InChI is InChI=1S/C21H13N3O2S/c22-10-17-12-24-20(18(11-23)19(17)15-6-2-1-3-7-15)27-13-14-5-4-8-16(9-14)21(25)26/h1-9,12H,13H2,(H,25,26). The van der Waals surface area contributed by atoms with Gasteiger partial charge in [-0.15, -0.1) is 11.8 Å². The number of pyridine rings is 1. The Balaban J connectivity index is 1.98. The predicted molar refractivity (Wildman–Crippen MR) is 102 cm³/mol. The molecule has 1 heterocycles. The van der Waals surface area contributed by atoms with Crippen molar-refractivity contribution in [2.24, 2.45) is 0 Å². The first-order valence-corrected chi connectivity index (χ1v) is 8.96. The Hall–Kier alpha value is -3.61. The monoisotopic (exact) mass is 371 g/mol. The number of rotatable bonds is 5. The summed E-state index contributed by atoms with van der Waals surface area (Å²) in [6, 6.07) is 20.2. The summed E-state index contributed by atoms with van der Waals surface area (Å²) in [5.41, 5.74) is 3.07. The summed E-state index contributed by atoms with van der Waals surface area (Å²) in [6.07, 6.45) is 1.47. The fraction of sp³-hybridized carbons (Fsp3) is 0.0476. The summed E-state index contributed by atoms with van der Waals surface area (Å²) in [5.74, 6) is -0.523. The van der Waals surface area contributed by atoms with Gasteiger partial charge in [0.25, 0.3) is 0 Å². The van der Waals surface area contributed by atoms with Crippen LogP contribution in [0.3, 0.4) is 0 Å². The van der Waals surface area contributed by atoms with Crippen LogP contribution in [0.2, 0.25) is 0 Å². The van der Waals surface area contributed by atoms with Gasteiger partial charge in [-0.05, 0) is 23.3 Å². The lowest BCUT2D eigenvalue weighted by molar-refractivity contribution is 0.0697. The first-order valence-electron chi connectivity index (χ1n) is 7.97. The molecule has 5 nitrogen and oxygen atoms in total. The van der Waals surface area contributed by atoms with E-state index in [1.807, 2.05) is 36.4 Å². The van der Waals surface area contributed by atoms with Gasteiger partial charge in [0.1, 0.15) is 17.2 Å². The van der Waals surface area contributed by atoms with Crippen molar-refractivity contribution in [3.05, 3.63) is 83.0 Å². The van der Waals surface area contributed by atoms with Crippen molar-refractivity contribution in [3.63, 3.8) is 0 Å². The minimum Gasteiger partial charge on any atom is -0.478 e. The molecular formula is C21H13N3O2S. The Labute approximate surface area is 160 Å².